The van der Waals surface area contributed by atoms with Gasteiger partial charge in [0.1, 0.15) is 17.9 Å². The van der Waals surface area contributed by atoms with E-state index in [1.807, 2.05) is 36.4 Å². The first-order valence-corrected chi connectivity index (χ1v) is 6.11. The molecule has 0 amide bonds. The molecule has 0 fully saturated rings. The molecule has 0 bridgehead atoms. The highest BCUT2D eigenvalue weighted by Gasteiger charge is 2.23. The summed E-state index contributed by atoms with van der Waals surface area (Å²) in [4.78, 5) is 12.6. The number of para-hydroxylation sites is 2. The SMILES string of the molecule is O=c1c2c(oc3ccccc13)COc1ccccc1-2. The molecule has 1 aromatic heterocycles. The monoisotopic (exact) mass is 250 g/mol. The Bertz CT molecular complexity index is 846. The van der Waals surface area contributed by atoms with E-state index in [9.17, 15) is 4.79 Å². The van der Waals surface area contributed by atoms with Crippen molar-refractivity contribution in [2.24, 2.45) is 0 Å². The molecule has 0 aliphatic carbocycles. The van der Waals surface area contributed by atoms with Crippen molar-refractivity contribution in [2.75, 3.05) is 0 Å². The second-order valence-electron chi connectivity index (χ2n) is 4.51. The molecule has 19 heavy (non-hydrogen) atoms. The molecular weight excluding hydrogens is 240 g/mol. The fraction of sp³-hybridized carbons (Fsp3) is 0.0625. The summed E-state index contributed by atoms with van der Waals surface area (Å²) in [5.74, 6) is 1.33. The van der Waals surface area contributed by atoms with E-state index in [1.165, 1.54) is 0 Å². The van der Waals surface area contributed by atoms with Crippen LogP contribution in [0, 0.1) is 0 Å². The van der Waals surface area contributed by atoms with Gasteiger partial charge in [-0.15, -0.1) is 0 Å². The normalized spacial score (nSPS) is 12.6. The highest BCUT2D eigenvalue weighted by Crippen LogP contribution is 2.36. The average Bonchev–Trinajstić information content (AvgIpc) is 2.47. The van der Waals surface area contributed by atoms with Crippen LogP contribution in [-0.2, 0) is 6.61 Å². The van der Waals surface area contributed by atoms with Gasteiger partial charge in [-0.05, 0) is 18.2 Å². The van der Waals surface area contributed by atoms with Crippen molar-refractivity contribution in [3.8, 4) is 16.9 Å². The summed E-state index contributed by atoms with van der Waals surface area (Å²) in [6.07, 6.45) is 0. The molecule has 2 heterocycles. The van der Waals surface area contributed by atoms with Crippen LogP contribution >= 0.6 is 0 Å². The molecular formula is C16H10O3. The molecule has 1 aliphatic rings. The minimum absolute atomic E-state index is 0.00704. The van der Waals surface area contributed by atoms with Crippen molar-refractivity contribution in [3.63, 3.8) is 0 Å². The van der Waals surface area contributed by atoms with Gasteiger partial charge in [-0.3, -0.25) is 4.79 Å². The summed E-state index contributed by atoms with van der Waals surface area (Å²) < 4.78 is 11.4. The second kappa shape index (κ2) is 3.72. The Morgan fingerprint density at radius 3 is 2.68 bits per heavy atom. The standard InChI is InChI=1S/C16H10O3/c17-16-11-6-2-4-8-13(11)19-14-9-18-12-7-3-1-5-10(12)15(14)16/h1-8H,9H2. The Hall–Kier alpha value is -2.55. The minimum Gasteiger partial charge on any atom is -0.485 e. The highest BCUT2D eigenvalue weighted by molar-refractivity contribution is 5.84. The van der Waals surface area contributed by atoms with Gasteiger partial charge in [0.05, 0.1) is 10.9 Å². The van der Waals surface area contributed by atoms with Crippen LogP contribution in [0.1, 0.15) is 5.76 Å². The molecule has 92 valence electrons. The third-order valence-corrected chi connectivity index (χ3v) is 3.39. The number of benzene rings is 2. The predicted octanol–water partition coefficient (Wildman–Crippen LogP) is 3.35. The van der Waals surface area contributed by atoms with Crippen molar-refractivity contribution in [1.82, 2.24) is 0 Å². The van der Waals surface area contributed by atoms with Crippen molar-refractivity contribution < 1.29 is 9.15 Å². The molecule has 3 heteroatoms. The van der Waals surface area contributed by atoms with Gasteiger partial charge in [-0.2, -0.15) is 0 Å². The molecule has 0 radical (unpaired) electrons. The Morgan fingerprint density at radius 2 is 1.74 bits per heavy atom. The second-order valence-corrected chi connectivity index (χ2v) is 4.51. The third kappa shape index (κ3) is 1.41. The number of fused-ring (bicyclic) bond motifs is 4. The molecule has 0 unspecified atom stereocenters. The zero-order valence-electron chi connectivity index (χ0n) is 10.1. The van der Waals surface area contributed by atoms with Crippen molar-refractivity contribution in [3.05, 3.63) is 64.5 Å². The van der Waals surface area contributed by atoms with Gasteiger partial charge in [-0.1, -0.05) is 30.3 Å². The minimum atomic E-state index is 0.00704. The van der Waals surface area contributed by atoms with Gasteiger partial charge in [0, 0.05) is 5.56 Å². The van der Waals surface area contributed by atoms with Crippen molar-refractivity contribution >= 4 is 11.0 Å². The van der Waals surface area contributed by atoms with Gasteiger partial charge in [0.15, 0.2) is 5.76 Å². The van der Waals surface area contributed by atoms with E-state index in [0.29, 0.717) is 28.9 Å². The fourth-order valence-corrected chi connectivity index (χ4v) is 2.50. The van der Waals surface area contributed by atoms with Crippen molar-refractivity contribution in [2.45, 2.75) is 6.61 Å². The zero-order chi connectivity index (χ0) is 12.8. The largest absolute Gasteiger partial charge is 0.485 e. The molecule has 4 rings (SSSR count). The van der Waals surface area contributed by atoms with Crippen LogP contribution in [0.4, 0.5) is 0 Å². The predicted molar refractivity (Wildman–Crippen MR) is 72.3 cm³/mol. The van der Waals surface area contributed by atoms with Crippen LogP contribution in [0.15, 0.2) is 57.7 Å². The van der Waals surface area contributed by atoms with E-state index >= 15 is 0 Å². The van der Waals surface area contributed by atoms with Crippen LogP contribution in [0.2, 0.25) is 0 Å². The Kier molecular flexibility index (Phi) is 2.03. The topological polar surface area (TPSA) is 39.4 Å². The lowest BCUT2D eigenvalue weighted by molar-refractivity contribution is 0.267. The third-order valence-electron chi connectivity index (χ3n) is 3.39. The lowest BCUT2D eigenvalue weighted by Gasteiger charge is -2.19. The summed E-state index contributed by atoms with van der Waals surface area (Å²) in [5, 5.41) is 0.609. The first kappa shape index (κ1) is 10.4. The van der Waals surface area contributed by atoms with E-state index in [-0.39, 0.29) is 5.43 Å². The molecule has 0 spiro atoms. The molecule has 0 N–H and O–H groups in total. The first-order valence-electron chi connectivity index (χ1n) is 6.11. The molecule has 0 saturated carbocycles. The van der Waals surface area contributed by atoms with E-state index in [2.05, 4.69) is 0 Å². The summed E-state index contributed by atoms with van der Waals surface area (Å²) in [5.41, 5.74) is 2.05. The zero-order valence-corrected chi connectivity index (χ0v) is 10.1. The molecule has 3 aromatic rings. The maximum Gasteiger partial charge on any atom is 0.201 e. The van der Waals surface area contributed by atoms with Crippen LogP contribution in [0.5, 0.6) is 5.75 Å². The van der Waals surface area contributed by atoms with Crippen LogP contribution in [0.25, 0.3) is 22.1 Å². The fourth-order valence-electron chi connectivity index (χ4n) is 2.50. The lowest BCUT2D eigenvalue weighted by Crippen LogP contribution is -2.15. The summed E-state index contributed by atoms with van der Waals surface area (Å²) in [6, 6.07) is 14.8. The van der Waals surface area contributed by atoms with E-state index in [0.717, 1.165) is 11.3 Å². The molecule has 3 nitrogen and oxygen atoms in total. The smallest absolute Gasteiger partial charge is 0.201 e. The van der Waals surface area contributed by atoms with Crippen molar-refractivity contribution in [1.29, 1.82) is 0 Å². The molecule has 2 aromatic carbocycles. The van der Waals surface area contributed by atoms with Crippen LogP contribution in [0.3, 0.4) is 0 Å². The Morgan fingerprint density at radius 1 is 0.947 bits per heavy atom. The van der Waals surface area contributed by atoms with E-state index in [4.69, 9.17) is 9.15 Å². The Balaban J connectivity index is 2.16. The lowest BCUT2D eigenvalue weighted by atomic mass is 9.99. The molecule has 0 saturated heterocycles. The average molecular weight is 250 g/mol. The van der Waals surface area contributed by atoms with Crippen LogP contribution < -0.4 is 10.2 Å². The van der Waals surface area contributed by atoms with Gasteiger partial charge < -0.3 is 9.15 Å². The number of rotatable bonds is 0. The quantitative estimate of drug-likeness (QED) is 0.614. The maximum atomic E-state index is 12.6. The summed E-state index contributed by atoms with van der Waals surface area (Å²) in [6.45, 7) is 0.298. The van der Waals surface area contributed by atoms with E-state index < -0.39 is 0 Å². The number of hydrogen-bond donors (Lipinski definition) is 0. The van der Waals surface area contributed by atoms with Gasteiger partial charge in [0.2, 0.25) is 5.43 Å². The maximum absolute atomic E-state index is 12.6. The van der Waals surface area contributed by atoms with E-state index in [1.54, 1.807) is 12.1 Å². The highest BCUT2D eigenvalue weighted by atomic mass is 16.5. The Labute approximate surface area is 109 Å². The number of hydrogen-bond acceptors (Lipinski definition) is 3. The van der Waals surface area contributed by atoms with Gasteiger partial charge in [-0.25, -0.2) is 0 Å². The van der Waals surface area contributed by atoms with Gasteiger partial charge in [0.25, 0.3) is 0 Å². The first-order chi connectivity index (χ1) is 9.34. The molecule has 0 atom stereocenters. The molecule has 1 aliphatic heterocycles. The summed E-state index contributed by atoms with van der Waals surface area (Å²) >= 11 is 0. The number of ether oxygens (including phenoxy) is 1. The van der Waals surface area contributed by atoms with Gasteiger partial charge >= 0.3 is 0 Å². The summed E-state index contributed by atoms with van der Waals surface area (Å²) in [7, 11) is 0. The van der Waals surface area contributed by atoms with Crippen LogP contribution in [-0.4, -0.2) is 0 Å².